The number of hydrogen-bond acceptors (Lipinski definition) is 3. The van der Waals surface area contributed by atoms with Crippen LogP contribution in [0.15, 0.2) is 24.5 Å². The summed E-state index contributed by atoms with van der Waals surface area (Å²) in [4.78, 5) is 9.48. The largest absolute Gasteiger partial charge is 2.00 e. The average Bonchev–Trinajstić information content (AvgIpc) is 3.29. The van der Waals surface area contributed by atoms with Gasteiger partial charge in [0.2, 0.25) is 0 Å². The summed E-state index contributed by atoms with van der Waals surface area (Å²) >= 11 is 0. The molecule has 0 spiro atoms. The second kappa shape index (κ2) is 7.74. The van der Waals surface area contributed by atoms with Crippen LogP contribution in [-0.2, 0) is 47.0 Å². The van der Waals surface area contributed by atoms with Crippen molar-refractivity contribution in [2.75, 3.05) is 0 Å². The molecule has 2 aliphatic heterocycles. The van der Waals surface area contributed by atoms with E-state index in [2.05, 4.69) is 59.6 Å². The predicted octanol–water partition coefficient (Wildman–Crippen LogP) is 5.15. The molecule has 6 rings (SSSR count). The molecule has 4 aromatic rings. The van der Waals surface area contributed by atoms with E-state index >= 15 is 0 Å². The third-order valence-electron chi connectivity index (χ3n) is 6.41. The summed E-state index contributed by atoms with van der Waals surface area (Å²) in [5.74, 6) is 3.37. The van der Waals surface area contributed by atoms with Gasteiger partial charge in [0.25, 0.3) is 0 Å². The normalized spacial score (nSPS) is 13.5. The van der Waals surface area contributed by atoms with Crippen molar-refractivity contribution in [2.45, 2.75) is 53.6 Å². The van der Waals surface area contributed by atoms with Crippen molar-refractivity contribution in [1.82, 2.24) is 19.1 Å². The summed E-state index contributed by atoms with van der Waals surface area (Å²) < 4.78 is 10.8. The third kappa shape index (κ3) is 3.34. The van der Waals surface area contributed by atoms with Crippen molar-refractivity contribution in [2.24, 2.45) is 0 Å². The molecule has 0 aliphatic carbocycles. The van der Waals surface area contributed by atoms with Gasteiger partial charge in [-0.25, -0.2) is 0 Å². The van der Waals surface area contributed by atoms with Crippen molar-refractivity contribution < 1.29 is 25.8 Å². The van der Waals surface area contributed by atoms with E-state index in [4.69, 9.17) is 14.7 Å². The van der Waals surface area contributed by atoms with E-state index in [-0.39, 0.29) is 21.1 Å². The zero-order valence-electron chi connectivity index (χ0n) is 18.7. The number of fused-ring (bicyclic) bond motifs is 6. The van der Waals surface area contributed by atoms with Gasteiger partial charge in [-0.05, 0) is 26.7 Å². The van der Waals surface area contributed by atoms with Gasteiger partial charge in [-0.2, -0.15) is 0 Å². The van der Waals surface area contributed by atoms with Crippen LogP contribution in [0.1, 0.15) is 33.6 Å². The summed E-state index contributed by atoms with van der Waals surface area (Å²) in [7, 11) is 0. The fraction of sp³-hybridized carbons (Fsp3) is 0.308. The molecule has 0 fully saturated rings. The first-order valence-corrected chi connectivity index (χ1v) is 10.8. The monoisotopic (exact) mass is 603 g/mol. The van der Waals surface area contributed by atoms with E-state index in [1.165, 1.54) is 22.3 Å². The summed E-state index contributed by atoms with van der Waals surface area (Å²) in [6, 6.07) is 11.2. The number of imidazole rings is 2. The first-order chi connectivity index (χ1) is 15.0. The Balaban J connectivity index is 0.00000216. The van der Waals surface area contributed by atoms with Gasteiger partial charge in [0.05, 0.1) is 11.6 Å². The minimum Gasteiger partial charge on any atom is -0.497 e. The second-order valence-corrected chi connectivity index (χ2v) is 8.74. The summed E-state index contributed by atoms with van der Waals surface area (Å²) in [5.41, 5.74) is 9.23. The Morgan fingerprint density at radius 3 is 1.62 bits per heavy atom. The molecule has 2 aliphatic rings. The van der Waals surface area contributed by atoms with Crippen molar-refractivity contribution in [1.29, 1.82) is 0 Å². The van der Waals surface area contributed by atoms with Crippen LogP contribution in [0.25, 0.3) is 22.8 Å². The van der Waals surface area contributed by atoms with E-state index in [0.29, 0.717) is 11.5 Å². The molecule has 4 heterocycles. The van der Waals surface area contributed by atoms with Crippen molar-refractivity contribution >= 4 is 0 Å². The van der Waals surface area contributed by atoms with Crippen LogP contribution in [-0.4, -0.2) is 19.1 Å². The van der Waals surface area contributed by atoms with E-state index in [1.807, 2.05) is 13.8 Å². The number of nitrogens with zero attached hydrogens (tertiary/aromatic N) is 4. The molecular weight excluding hydrogens is 579 g/mol. The SMILES string of the molecule is Cc1cn2c(n1)-c1[c-]c(Oc3[c-]c4c(c(C)c3)CCn3cc(C)nc3-4)cc(C)c1CC2.[Pt+2]. The Bertz CT molecular complexity index is 1260. The van der Waals surface area contributed by atoms with Gasteiger partial charge in [-0.3, -0.25) is 9.97 Å². The average molecular weight is 604 g/mol. The summed E-state index contributed by atoms with van der Waals surface area (Å²) in [6.07, 6.45) is 6.21. The number of rotatable bonds is 2. The first-order valence-electron chi connectivity index (χ1n) is 10.8. The Hall–Kier alpha value is -2.65. The van der Waals surface area contributed by atoms with Gasteiger partial charge in [0.1, 0.15) is 0 Å². The van der Waals surface area contributed by atoms with Gasteiger partial charge in [0, 0.05) is 48.4 Å². The molecule has 32 heavy (non-hydrogen) atoms. The van der Waals surface area contributed by atoms with Crippen molar-refractivity contribution in [3.63, 3.8) is 0 Å². The van der Waals surface area contributed by atoms with Crippen LogP contribution in [0.3, 0.4) is 0 Å². The number of benzene rings is 2. The molecule has 2 aromatic heterocycles. The molecule has 0 saturated heterocycles. The van der Waals surface area contributed by atoms with Crippen LogP contribution in [0.2, 0.25) is 0 Å². The van der Waals surface area contributed by atoms with Crippen LogP contribution in [0, 0.1) is 39.8 Å². The van der Waals surface area contributed by atoms with E-state index in [9.17, 15) is 0 Å². The number of aryl methyl sites for hydroxylation is 6. The molecule has 164 valence electrons. The van der Waals surface area contributed by atoms with Crippen LogP contribution in [0.5, 0.6) is 11.5 Å². The van der Waals surface area contributed by atoms with Crippen LogP contribution in [0.4, 0.5) is 0 Å². The molecule has 6 heteroatoms. The standard InChI is InChI=1S/C26H24N4O.Pt/c1-15-9-19(11-23-21(15)5-7-29-13-17(3)27-25(23)29)31-20-10-16(2)22-6-8-30-14-18(4)28-26(30)24(22)12-20;/h9-10,13-14H,5-8H2,1-4H3;/q-2;+2. The van der Waals surface area contributed by atoms with Crippen molar-refractivity contribution in [3.05, 3.63) is 70.3 Å². The first kappa shape index (κ1) is 21.2. The molecule has 2 aromatic carbocycles. The van der Waals surface area contributed by atoms with E-state index in [0.717, 1.165) is 60.1 Å². The van der Waals surface area contributed by atoms with Gasteiger partial charge in [0.15, 0.2) is 0 Å². The minimum absolute atomic E-state index is 0. The Labute approximate surface area is 202 Å². The zero-order chi connectivity index (χ0) is 21.3. The number of aromatic nitrogens is 4. The smallest absolute Gasteiger partial charge is 0.497 e. The second-order valence-electron chi connectivity index (χ2n) is 8.74. The molecule has 0 amide bonds. The number of ether oxygens (including phenoxy) is 1. The van der Waals surface area contributed by atoms with Crippen molar-refractivity contribution in [3.8, 4) is 34.3 Å². The van der Waals surface area contributed by atoms with Crippen LogP contribution < -0.4 is 4.74 Å². The quantitative estimate of drug-likeness (QED) is 0.298. The topological polar surface area (TPSA) is 44.9 Å². The zero-order valence-corrected chi connectivity index (χ0v) is 20.9. The molecule has 0 unspecified atom stereocenters. The Morgan fingerprint density at radius 1 is 0.750 bits per heavy atom. The Morgan fingerprint density at radius 2 is 1.19 bits per heavy atom. The van der Waals surface area contributed by atoms with E-state index in [1.54, 1.807) is 0 Å². The molecular formula is C26H24N4OPt. The predicted molar refractivity (Wildman–Crippen MR) is 119 cm³/mol. The van der Waals surface area contributed by atoms with Gasteiger partial charge < -0.3 is 13.9 Å². The number of hydrogen-bond donors (Lipinski definition) is 0. The molecule has 0 N–H and O–H groups in total. The molecule has 5 nitrogen and oxygen atoms in total. The van der Waals surface area contributed by atoms with E-state index < -0.39 is 0 Å². The molecule has 0 saturated carbocycles. The minimum atomic E-state index is 0. The fourth-order valence-electron chi connectivity index (χ4n) is 4.98. The van der Waals surface area contributed by atoms with Crippen LogP contribution >= 0.6 is 0 Å². The molecule has 0 bridgehead atoms. The Kier molecular flexibility index (Phi) is 5.13. The van der Waals surface area contributed by atoms with Gasteiger partial charge >= 0.3 is 21.1 Å². The summed E-state index contributed by atoms with van der Waals surface area (Å²) in [6.45, 7) is 10.3. The maximum atomic E-state index is 6.33. The third-order valence-corrected chi connectivity index (χ3v) is 6.41. The maximum absolute atomic E-state index is 6.33. The van der Waals surface area contributed by atoms with Gasteiger partial charge in [-0.1, -0.05) is 38.1 Å². The molecule has 0 atom stereocenters. The summed E-state index contributed by atoms with van der Waals surface area (Å²) in [5, 5.41) is 0. The maximum Gasteiger partial charge on any atom is 2.00 e. The fourth-order valence-corrected chi connectivity index (χ4v) is 4.98. The molecule has 0 radical (unpaired) electrons. The van der Waals surface area contributed by atoms with Gasteiger partial charge in [-0.15, -0.1) is 33.4 Å².